The number of rotatable bonds is 1. The van der Waals surface area contributed by atoms with E-state index in [0.717, 1.165) is 5.57 Å². The second-order valence-corrected chi connectivity index (χ2v) is 4.37. The van der Waals surface area contributed by atoms with Crippen LogP contribution in [0.1, 0.15) is 41.7 Å². The summed E-state index contributed by atoms with van der Waals surface area (Å²) in [5.74, 6) is 0. The van der Waals surface area contributed by atoms with Gasteiger partial charge in [0.15, 0.2) is 0 Å². The first-order valence-electron chi connectivity index (χ1n) is 5.74. The van der Waals surface area contributed by atoms with Crippen molar-refractivity contribution >= 4 is 0 Å². The Labute approximate surface area is 118 Å². The van der Waals surface area contributed by atoms with Gasteiger partial charge in [-0.25, -0.2) is 11.6 Å². The molecule has 1 heteroatoms. The van der Waals surface area contributed by atoms with Crippen LogP contribution < -0.4 is 0 Å². The molecule has 0 fully saturated rings. The van der Waals surface area contributed by atoms with Crippen LogP contribution in [0.5, 0.6) is 0 Å². The summed E-state index contributed by atoms with van der Waals surface area (Å²) in [4.78, 5) is 0. The van der Waals surface area contributed by atoms with E-state index in [1.54, 1.807) is 0 Å². The number of hydrogen-bond acceptors (Lipinski definition) is 0. The van der Waals surface area contributed by atoms with E-state index in [1.165, 1.54) is 27.8 Å². The van der Waals surface area contributed by atoms with E-state index >= 15 is 0 Å². The van der Waals surface area contributed by atoms with Gasteiger partial charge in [0, 0.05) is 0 Å². The van der Waals surface area contributed by atoms with Gasteiger partial charge in [0.25, 0.3) is 0 Å². The van der Waals surface area contributed by atoms with Crippen LogP contribution in [0.15, 0.2) is 17.7 Å². The molecule has 0 N–H and O–H groups in total. The Kier molecular flexibility index (Phi) is 9.31. The van der Waals surface area contributed by atoms with Crippen LogP contribution >= 0.6 is 0 Å². The van der Waals surface area contributed by atoms with Gasteiger partial charge < -0.3 is 0 Å². The zero-order valence-corrected chi connectivity index (χ0v) is 13.4. The summed E-state index contributed by atoms with van der Waals surface area (Å²) < 4.78 is 0. The van der Waals surface area contributed by atoms with E-state index in [-0.39, 0.29) is 17.4 Å². The van der Waals surface area contributed by atoms with Crippen molar-refractivity contribution in [2.45, 2.75) is 48.5 Å². The SMILES string of the molecule is Cc1c(C)c(C)[c-](C)c1C.[CH-]=C(C)C=CC.[Cr+2]. The molecule has 0 heterocycles. The minimum atomic E-state index is 0. The first kappa shape index (κ1) is 18.7. The van der Waals surface area contributed by atoms with Crippen molar-refractivity contribution in [2.24, 2.45) is 0 Å². The van der Waals surface area contributed by atoms with Crippen molar-refractivity contribution in [3.05, 3.63) is 52.1 Å². The molecule has 0 radical (unpaired) electrons. The minimum absolute atomic E-state index is 0. The molecule has 0 atom stereocenters. The summed E-state index contributed by atoms with van der Waals surface area (Å²) in [7, 11) is 0. The van der Waals surface area contributed by atoms with Gasteiger partial charge in [-0.05, 0) is 0 Å². The summed E-state index contributed by atoms with van der Waals surface area (Å²) in [6.45, 7) is 20.0. The summed E-state index contributed by atoms with van der Waals surface area (Å²) >= 11 is 0. The first-order chi connectivity index (χ1) is 7.32. The third-order valence-electron chi connectivity index (χ3n) is 3.24. The number of hydrogen-bond donors (Lipinski definition) is 0. The molecular formula is C16H24Cr. The van der Waals surface area contributed by atoms with Gasteiger partial charge in [0.1, 0.15) is 0 Å². The molecule has 1 aromatic rings. The van der Waals surface area contributed by atoms with Crippen LogP contribution in [-0.2, 0) is 17.4 Å². The van der Waals surface area contributed by atoms with Crippen molar-refractivity contribution in [1.29, 1.82) is 0 Å². The monoisotopic (exact) mass is 268 g/mol. The maximum absolute atomic E-state index is 5.23. The molecule has 0 bridgehead atoms. The molecule has 1 aromatic carbocycles. The van der Waals surface area contributed by atoms with Gasteiger partial charge in [-0.2, -0.15) is 33.9 Å². The van der Waals surface area contributed by atoms with Crippen LogP contribution in [0.3, 0.4) is 0 Å². The fourth-order valence-corrected chi connectivity index (χ4v) is 1.67. The normalized spacial score (nSPS) is 9.59. The van der Waals surface area contributed by atoms with E-state index < -0.39 is 0 Å². The molecule has 17 heavy (non-hydrogen) atoms. The largest absolute Gasteiger partial charge is 2.00 e. The van der Waals surface area contributed by atoms with Crippen LogP contribution in [-0.4, -0.2) is 0 Å². The summed E-state index contributed by atoms with van der Waals surface area (Å²) in [6, 6.07) is 0. The fourth-order valence-electron chi connectivity index (χ4n) is 1.67. The molecular weight excluding hydrogens is 244 g/mol. The third kappa shape index (κ3) is 5.49. The van der Waals surface area contributed by atoms with E-state index in [0.29, 0.717) is 0 Å². The second kappa shape index (κ2) is 8.45. The van der Waals surface area contributed by atoms with E-state index in [1.807, 2.05) is 26.0 Å². The smallest absolute Gasteiger partial charge is 0.290 e. The topological polar surface area (TPSA) is 0 Å². The van der Waals surface area contributed by atoms with Gasteiger partial charge in [0.05, 0.1) is 0 Å². The Morgan fingerprint density at radius 1 is 1.06 bits per heavy atom. The molecule has 0 aliphatic carbocycles. The molecule has 0 unspecified atom stereocenters. The third-order valence-corrected chi connectivity index (χ3v) is 3.24. The Morgan fingerprint density at radius 2 is 1.41 bits per heavy atom. The molecule has 0 aromatic heterocycles. The predicted octanol–water partition coefficient (Wildman–Crippen LogP) is 4.89. The van der Waals surface area contributed by atoms with Crippen molar-refractivity contribution in [1.82, 2.24) is 0 Å². The molecule has 1 rings (SSSR count). The summed E-state index contributed by atoms with van der Waals surface area (Å²) in [5.41, 5.74) is 8.20. The predicted molar refractivity (Wildman–Crippen MR) is 74.0 cm³/mol. The average Bonchev–Trinajstić information content (AvgIpc) is 2.37. The van der Waals surface area contributed by atoms with Crippen LogP contribution in [0, 0.1) is 41.2 Å². The van der Waals surface area contributed by atoms with Crippen molar-refractivity contribution in [2.75, 3.05) is 0 Å². The maximum Gasteiger partial charge on any atom is 2.00 e. The van der Waals surface area contributed by atoms with Gasteiger partial charge in [-0.15, -0.1) is 0 Å². The molecule has 0 saturated heterocycles. The van der Waals surface area contributed by atoms with Crippen LogP contribution in [0.4, 0.5) is 0 Å². The van der Waals surface area contributed by atoms with Gasteiger partial charge in [0.2, 0.25) is 0 Å². The second-order valence-electron chi connectivity index (χ2n) is 4.37. The van der Waals surface area contributed by atoms with Gasteiger partial charge in [-0.3, -0.25) is 6.58 Å². The molecule has 0 saturated carbocycles. The van der Waals surface area contributed by atoms with Gasteiger partial charge >= 0.3 is 17.4 Å². The quantitative estimate of drug-likeness (QED) is 0.502. The molecule has 0 aliphatic rings. The molecule has 0 spiro atoms. The van der Waals surface area contributed by atoms with Crippen LogP contribution in [0.2, 0.25) is 0 Å². The fraction of sp³-hybridized carbons (Fsp3) is 0.438. The molecule has 0 nitrogen and oxygen atoms in total. The minimum Gasteiger partial charge on any atom is -0.290 e. The Hall–Kier alpha value is -0.638. The van der Waals surface area contributed by atoms with Crippen molar-refractivity contribution < 1.29 is 17.4 Å². The maximum atomic E-state index is 5.23. The van der Waals surface area contributed by atoms with Crippen LogP contribution in [0.25, 0.3) is 0 Å². The van der Waals surface area contributed by atoms with Crippen molar-refractivity contribution in [3.8, 4) is 0 Å². The standard InChI is InChI=1S/C10H15.C6H9.Cr/c1-6-7(2)9(4)10(5)8(6)3;1-4-5-6(2)3;/h1-5H3;2,4-5H,1,3H3;/q2*-1;+2. The average molecular weight is 268 g/mol. The van der Waals surface area contributed by atoms with Gasteiger partial charge in [-0.1, -0.05) is 48.5 Å². The Balaban J connectivity index is 0. The van der Waals surface area contributed by atoms with E-state index in [2.05, 4.69) is 34.6 Å². The van der Waals surface area contributed by atoms with E-state index in [9.17, 15) is 0 Å². The molecule has 0 aliphatic heterocycles. The summed E-state index contributed by atoms with van der Waals surface area (Å²) in [6.07, 6.45) is 3.77. The first-order valence-corrected chi connectivity index (χ1v) is 5.74. The summed E-state index contributed by atoms with van der Waals surface area (Å²) in [5, 5.41) is 0. The number of allylic oxidation sites excluding steroid dienone is 3. The Morgan fingerprint density at radius 3 is 1.47 bits per heavy atom. The zero-order valence-electron chi connectivity index (χ0n) is 12.1. The molecule has 0 amide bonds. The van der Waals surface area contributed by atoms with Crippen molar-refractivity contribution in [3.63, 3.8) is 0 Å². The molecule has 94 valence electrons. The zero-order chi connectivity index (χ0) is 12.9. The van der Waals surface area contributed by atoms with E-state index in [4.69, 9.17) is 6.58 Å². The Bertz CT molecular complexity index is 312.